The largest absolute Gasteiger partial charge is 0.497 e. The van der Waals surface area contributed by atoms with Crippen LogP contribution >= 0.6 is 11.6 Å². The molecule has 3 aromatic carbocycles. The summed E-state index contributed by atoms with van der Waals surface area (Å²) in [7, 11) is 1.62. The molecule has 0 radical (unpaired) electrons. The Morgan fingerprint density at radius 1 is 1.07 bits per heavy atom. The Labute approximate surface area is 177 Å². The molecule has 0 amide bonds. The lowest BCUT2D eigenvalue weighted by molar-refractivity contribution is -0.0192. The van der Waals surface area contributed by atoms with Gasteiger partial charge in [0.05, 0.1) is 18.9 Å². The normalized spacial score (nSPS) is 19.6. The van der Waals surface area contributed by atoms with E-state index in [1.165, 1.54) is 6.07 Å². The molecular weight excluding hydrogens is 410 g/mol. The van der Waals surface area contributed by atoms with Crippen molar-refractivity contribution in [3.63, 3.8) is 0 Å². The highest BCUT2D eigenvalue weighted by molar-refractivity contribution is 6.30. The molecule has 0 bridgehead atoms. The fraction of sp³-hybridized carbons (Fsp3) is 0.174. The number of halogens is 3. The minimum Gasteiger partial charge on any atom is -0.497 e. The number of ether oxygens (including phenoxy) is 2. The van der Waals surface area contributed by atoms with Crippen LogP contribution in [0.1, 0.15) is 35.4 Å². The van der Waals surface area contributed by atoms with E-state index in [1.54, 1.807) is 24.3 Å². The summed E-state index contributed by atoms with van der Waals surface area (Å²) in [4.78, 5) is 0. The first-order valence-corrected chi connectivity index (χ1v) is 9.82. The summed E-state index contributed by atoms with van der Waals surface area (Å²) >= 11 is 6.23. The molecule has 7 heteroatoms. The molecule has 5 rings (SSSR count). The van der Waals surface area contributed by atoms with E-state index >= 15 is 0 Å². The molecule has 2 aliphatic rings. The van der Waals surface area contributed by atoms with Gasteiger partial charge in [-0.25, -0.2) is 13.8 Å². The highest BCUT2D eigenvalue weighted by Gasteiger charge is 2.41. The number of methoxy groups -OCH3 is 1. The molecule has 0 spiro atoms. The Morgan fingerprint density at radius 2 is 1.93 bits per heavy atom. The van der Waals surface area contributed by atoms with Crippen LogP contribution in [0.25, 0.3) is 0 Å². The fourth-order valence-corrected chi connectivity index (χ4v) is 4.10. The van der Waals surface area contributed by atoms with E-state index in [0.717, 1.165) is 34.7 Å². The highest BCUT2D eigenvalue weighted by Crippen LogP contribution is 2.48. The van der Waals surface area contributed by atoms with Gasteiger partial charge in [-0.15, -0.1) is 0 Å². The number of hydrogen-bond acceptors (Lipinski definition) is 4. The van der Waals surface area contributed by atoms with Crippen molar-refractivity contribution >= 4 is 17.3 Å². The average Bonchev–Trinajstić information content (AvgIpc) is 3.21. The zero-order valence-electron chi connectivity index (χ0n) is 16.0. The van der Waals surface area contributed by atoms with Crippen LogP contribution in [0.2, 0.25) is 5.02 Å². The van der Waals surface area contributed by atoms with Gasteiger partial charge >= 0.3 is 0 Å². The molecule has 0 saturated carbocycles. The molecule has 0 aromatic heterocycles. The molecule has 2 aliphatic heterocycles. The summed E-state index contributed by atoms with van der Waals surface area (Å²) in [5.41, 5.74) is 3.16. The molecule has 2 heterocycles. The molecule has 0 N–H and O–H groups in total. The quantitative estimate of drug-likeness (QED) is 0.525. The SMILES string of the molecule is COc1cccc(C2=NN3[C@H](C2)c2cc(Cl)ccc2O[C@H]3c2ccc(F)c(F)c2)c1. The summed E-state index contributed by atoms with van der Waals surface area (Å²) in [6.07, 6.45) is -0.0776. The Kier molecular flexibility index (Phi) is 4.59. The lowest BCUT2D eigenvalue weighted by atomic mass is 9.96. The van der Waals surface area contributed by atoms with Crippen molar-refractivity contribution in [1.82, 2.24) is 5.01 Å². The smallest absolute Gasteiger partial charge is 0.213 e. The second kappa shape index (κ2) is 7.29. The Bertz CT molecular complexity index is 1170. The third kappa shape index (κ3) is 3.17. The lowest BCUT2D eigenvalue weighted by Gasteiger charge is -2.38. The van der Waals surface area contributed by atoms with Crippen LogP contribution in [0.15, 0.2) is 65.8 Å². The molecule has 0 unspecified atom stereocenters. The van der Waals surface area contributed by atoms with E-state index in [-0.39, 0.29) is 6.04 Å². The maximum absolute atomic E-state index is 13.9. The van der Waals surface area contributed by atoms with E-state index in [2.05, 4.69) is 0 Å². The van der Waals surface area contributed by atoms with Crippen LogP contribution < -0.4 is 9.47 Å². The van der Waals surface area contributed by atoms with Gasteiger partial charge in [0.15, 0.2) is 11.6 Å². The maximum atomic E-state index is 13.9. The van der Waals surface area contributed by atoms with Gasteiger partial charge in [0, 0.05) is 28.1 Å². The monoisotopic (exact) mass is 426 g/mol. The second-order valence-electron chi connectivity index (χ2n) is 7.20. The Balaban J connectivity index is 1.60. The first-order valence-electron chi connectivity index (χ1n) is 9.45. The number of fused-ring (bicyclic) bond motifs is 3. The molecule has 3 aromatic rings. The fourth-order valence-electron chi connectivity index (χ4n) is 3.92. The second-order valence-corrected chi connectivity index (χ2v) is 7.64. The Morgan fingerprint density at radius 3 is 2.73 bits per heavy atom. The van der Waals surface area contributed by atoms with Crippen LogP contribution in [0.5, 0.6) is 11.5 Å². The average molecular weight is 427 g/mol. The standard InChI is InChI=1S/C23H17ClF2N2O2/c1-29-16-4-2-3-13(9-16)20-12-21-17-11-15(24)6-8-22(17)30-23(28(21)27-20)14-5-7-18(25)19(26)10-14/h2-11,21,23H,12H2,1H3/t21-,23+/m1/s1. The van der Waals surface area contributed by atoms with Gasteiger partial charge in [0.1, 0.15) is 11.5 Å². The zero-order valence-corrected chi connectivity index (χ0v) is 16.7. The minimum absolute atomic E-state index is 0.147. The van der Waals surface area contributed by atoms with Crippen LogP contribution in [-0.4, -0.2) is 17.8 Å². The van der Waals surface area contributed by atoms with E-state index in [4.69, 9.17) is 26.2 Å². The molecule has 30 heavy (non-hydrogen) atoms. The molecule has 0 fully saturated rings. The first-order chi connectivity index (χ1) is 14.5. The van der Waals surface area contributed by atoms with Gasteiger partial charge in [-0.1, -0.05) is 29.8 Å². The first kappa shape index (κ1) is 18.9. The van der Waals surface area contributed by atoms with Gasteiger partial charge in [0.25, 0.3) is 0 Å². The van der Waals surface area contributed by atoms with Gasteiger partial charge in [-0.05, 0) is 42.5 Å². The zero-order chi connectivity index (χ0) is 20.8. The van der Waals surface area contributed by atoms with E-state index < -0.39 is 17.9 Å². The third-order valence-corrected chi connectivity index (χ3v) is 5.62. The summed E-state index contributed by atoms with van der Waals surface area (Å²) in [6, 6.07) is 16.7. The summed E-state index contributed by atoms with van der Waals surface area (Å²) in [5.74, 6) is -0.444. The summed E-state index contributed by atoms with van der Waals surface area (Å²) in [6.45, 7) is 0. The van der Waals surface area contributed by atoms with Crippen LogP contribution in [0, 0.1) is 11.6 Å². The van der Waals surface area contributed by atoms with Crippen molar-refractivity contribution in [2.75, 3.05) is 7.11 Å². The van der Waals surface area contributed by atoms with Crippen molar-refractivity contribution in [1.29, 1.82) is 0 Å². The van der Waals surface area contributed by atoms with Gasteiger partial charge in [-0.3, -0.25) is 0 Å². The number of hydrogen-bond donors (Lipinski definition) is 0. The lowest BCUT2D eigenvalue weighted by Crippen LogP contribution is -2.33. The summed E-state index contributed by atoms with van der Waals surface area (Å²) in [5, 5.41) is 7.19. The topological polar surface area (TPSA) is 34.1 Å². The van der Waals surface area contributed by atoms with E-state index in [9.17, 15) is 8.78 Å². The summed E-state index contributed by atoms with van der Waals surface area (Å²) < 4.78 is 38.9. The molecule has 2 atom stereocenters. The highest BCUT2D eigenvalue weighted by atomic mass is 35.5. The van der Waals surface area contributed by atoms with Crippen molar-refractivity contribution in [3.8, 4) is 11.5 Å². The van der Waals surface area contributed by atoms with Crippen molar-refractivity contribution in [2.24, 2.45) is 5.10 Å². The molecule has 0 saturated heterocycles. The minimum atomic E-state index is -0.925. The molecule has 152 valence electrons. The number of nitrogens with zero attached hydrogens (tertiary/aromatic N) is 2. The van der Waals surface area contributed by atoms with E-state index in [1.807, 2.05) is 30.3 Å². The van der Waals surface area contributed by atoms with E-state index in [0.29, 0.717) is 22.8 Å². The third-order valence-electron chi connectivity index (χ3n) is 5.38. The number of benzene rings is 3. The molecule has 0 aliphatic carbocycles. The van der Waals surface area contributed by atoms with Crippen molar-refractivity contribution in [2.45, 2.75) is 18.7 Å². The predicted molar refractivity (Wildman–Crippen MR) is 110 cm³/mol. The predicted octanol–water partition coefficient (Wildman–Crippen LogP) is 5.87. The van der Waals surface area contributed by atoms with Crippen LogP contribution in [0.4, 0.5) is 8.78 Å². The van der Waals surface area contributed by atoms with Gasteiger partial charge in [0.2, 0.25) is 6.23 Å². The van der Waals surface area contributed by atoms with Gasteiger partial charge < -0.3 is 9.47 Å². The van der Waals surface area contributed by atoms with Crippen molar-refractivity contribution in [3.05, 3.63) is 94.0 Å². The number of rotatable bonds is 3. The van der Waals surface area contributed by atoms with Crippen molar-refractivity contribution < 1.29 is 18.3 Å². The molecule has 4 nitrogen and oxygen atoms in total. The Hall–Kier alpha value is -3.12. The number of hydrazone groups is 1. The molecular formula is C23H17ClF2N2O2. The van der Waals surface area contributed by atoms with Crippen LogP contribution in [0.3, 0.4) is 0 Å². The maximum Gasteiger partial charge on any atom is 0.213 e. The van der Waals surface area contributed by atoms with Gasteiger partial charge in [-0.2, -0.15) is 5.10 Å². The van der Waals surface area contributed by atoms with Crippen LogP contribution in [-0.2, 0) is 0 Å².